The fraction of sp³-hybridized carbons (Fsp3) is 0.486. The molecule has 582 valence electrons. The topological polar surface area (TPSA) is 19.4 Å². The zero-order chi connectivity index (χ0) is 77.6. The highest BCUT2D eigenvalue weighted by Crippen LogP contribution is 2.61. The van der Waals surface area contributed by atoms with E-state index in [1.165, 1.54) is 163 Å². The van der Waals surface area contributed by atoms with Crippen molar-refractivity contribution in [2.24, 2.45) is 16.7 Å². The fourth-order valence-corrected chi connectivity index (χ4v) is 26.2. The first-order valence-corrected chi connectivity index (χ1v) is 43.6. The average Bonchev–Trinajstić information content (AvgIpc) is 1.64. The van der Waals surface area contributed by atoms with Crippen molar-refractivity contribution in [1.29, 1.82) is 0 Å². The van der Waals surface area contributed by atoms with E-state index in [1.54, 1.807) is 27.8 Å². The highest BCUT2D eigenvalue weighted by molar-refractivity contribution is 5.70. The van der Waals surface area contributed by atoms with Gasteiger partial charge in [0.25, 0.3) is 0 Å². The molecular weight excluding hydrogens is 1350 g/mol. The number of nitrogens with zero attached hydrogens (tertiary/aromatic N) is 6. The molecule has 12 saturated heterocycles. The third-order valence-electron chi connectivity index (χ3n) is 32.0. The monoisotopic (exact) mass is 1480 g/mol. The van der Waals surface area contributed by atoms with Crippen molar-refractivity contribution in [3.8, 4) is 0 Å². The average molecular weight is 1480 g/mol. The van der Waals surface area contributed by atoms with Crippen LogP contribution in [-0.4, -0.2) is 109 Å². The third-order valence-corrected chi connectivity index (χ3v) is 32.0. The van der Waals surface area contributed by atoms with Crippen molar-refractivity contribution in [3.05, 3.63) is 302 Å². The molecule has 0 amide bonds. The molecule has 16 aliphatic rings. The Hall–Kier alpha value is -7.74. The second kappa shape index (κ2) is 30.9. The zero-order valence-electron chi connectivity index (χ0n) is 70.7. The Labute approximate surface area is 670 Å². The van der Waals surface area contributed by atoms with E-state index in [4.69, 9.17) is 0 Å². The van der Waals surface area contributed by atoms with Crippen LogP contribution in [0.3, 0.4) is 0 Å². The summed E-state index contributed by atoms with van der Waals surface area (Å²) in [4.78, 5) is 15.9. The van der Waals surface area contributed by atoms with E-state index >= 15 is 0 Å². The number of hydrogen-bond acceptors (Lipinski definition) is 6. The van der Waals surface area contributed by atoms with Crippen LogP contribution in [0, 0.1) is 58.3 Å². The van der Waals surface area contributed by atoms with Gasteiger partial charge in [-0.15, -0.1) is 0 Å². The smallest absolute Gasteiger partial charge is 0.0408 e. The molecule has 0 saturated carbocycles. The van der Waals surface area contributed by atoms with E-state index in [0.29, 0.717) is 70.6 Å². The van der Waals surface area contributed by atoms with Crippen LogP contribution >= 0.6 is 0 Å². The Morgan fingerprint density at radius 3 is 1.16 bits per heavy atom. The Kier molecular flexibility index (Phi) is 21.5. The molecule has 16 heterocycles. The van der Waals surface area contributed by atoms with E-state index in [0.717, 1.165) is 36.4 Å². The molecule has 0 N–H and O–H groups in total. The summed E-state index contributed by atoms with van der Waals surface area (Å²) in [5, 5.41) is 0. The number of benzene rings is 9. The molecule has 9 aromatic rings. The van der Waals surface area contributed by atoms with Crippen LogP contribution in [0.5, 0.6) is 0 Å². The van der Waals surface area contributed by atoms with E-state index in [1.807, 2.05) is 0 Å². The largest absolute Gasteiger partial charge is 0.368 e. The van der Waals surface area contributed by atoms with Gasteiger partial charge in [-0.2, -0.15) is 0 Å². The molecule has 12 bridgehead atoms. The predicted octanol–water partition coefficient (Wildman–Crippen LogP) is 23.7. The molecule has 111 heavy (non-hydrogen) atoms. The number of piperidine rings is 10. The number of aryl methyl sites for hydroxylation is 6. The molecule has 0 aromatic heterocycles. The van der Waals surface area contributed by atoms with Crippen LogP contribution in [0.4, 0.5) is 17.1 Å². The zero-order valence-corrected chi connectivity index (χ0v) is 70.7. The minimum atomic E-state index is 0.252. The lowest BCUT2D eigenvalue weighted by atomic mass is 9.58. The molecule has 0 spiro atoms. The van der Waals surface area contributed by atoms with Crippen LogP contribution in [0.1, 0.15) is 246 Å². The van der Waals surface area contributed by atoms with Crippen molar-refractivity contribution in [2.75, 3.05) is 67.1 Å². The first kappa shape index (κ1) is 77.2. The Morgan fingerprint density at radius 1 is 0.297 bits per heavy atom. The SMILES string of the molecule is Cc1ccccc1C1C(C)N2CC1(C)c1ccccc12.Cc1ccccc1C1C(C)N2CCC1(C)CC2.Cc1ccccc1C1C(C)N2CCC1(C)CC2C.Cc1ccccc1C1C(C)N2CCC1(C)c1ccccc12.Cc1ccccc1C1C2CCN(CC2)C1C.Cc1ccccc1C1C2CN(c3ccccc32)C1C. The van der Waals surface area contributed by atoms with Crippen molar-refractivity contribution in [2.45, 2.75) is 257 Å². The van der Waals surface area contributed by atoms with Gasteiger partial charge in [-0.25, -0.2) is 0 Å². The van der Waals surface area contributed by atoms with E-state index < -0.39 is 0 Å². The summed E-state index contributed by atoms with van der Waals surface area (Å²) in [6, 6.07) is 85.3. The highest BCUT2D eigenvalue weighted by Gasteiger charge is 2.57. The second-order valence-corrected chi connectivity index (χ2v) is 38.1. The normalized spacial score (nSPS) is 34.6. The highest BCUT2D eigenvalue weighted by atomic mass is 15.3. The number of fused-ring (bicyclic) bond motifs is 21. The summed E-state index contributed by atoms with van der Waals surface area (Å²) < 4.78 is 0. The van der Waals surface area contributed by atoms with Crippen molar-refractivity contribution < 1.29 is 0 Å². The van der Waals surface area contributed by atoms with Crippen molar-refractivity contribution >= 4 is 17.1 Å². The van der Waals surface area contributed by atoms with Gasteiger partial charge >= 0.3 is 0 Å². The summed E-state index contributed by atoms with van der Waals surface area (Å²) in [5.74, 6) is 5.66. The summed E-state index contributed by atoms with van der Waals surface area (Å²) in [7, 11) is 0. The van der Waals surface area contributed by atoms with Crippen LogP contribution in [0.2, 0.25) is 0 Å². The van der Waals surface area contributed by atoms with Gasteiger partial charge in [0.1, 0.15) is 0 Å². The third kappa shape index (κ3) is 13.6. The second-order valence-electron chi connectivity index (χ2n) is 38.1. The van der Waals surface area contributed by atoms with Gasteiger partial charge < -0.3 is 19.6 Å². The maximum Gasteiger partial charge on any atom is 0.0408 e. The van der Waals surface area contributed by atoms with Gasteiger partial charge in [-0.1, -0.05) is 228 Å². The molecule has 25 rings (SSSR count). The molecule has 6 heteroatoms. The maximum atomic E-state index is 2.72. The minimum absolute atomic E-state index is 0.252. The molecule has 12 fully saturated rings. The lowest BCUT2D eigenvalue weighted by Gasteiger charge is -2.59. The Balaban J connectivity index is 0.000000101. The summed E-state index contributed by atoms with van der Waals surface area (Å²) >= 11 is 0. The van der Waals surface area contributed by atoms with Crippen molar-refractivity contribution in [1.82, 2.24) is 14.7 Å². The molecule has 6 nitrogen and oxygen atoms in total. The van der Waals surface area contributed by atoms with E-state index in [-0.39, 0.29) is 10.8 Å². The first-order chi connectivity index (χ1) is 53.4. The van der Waals surface area contributed by atoms with Crippen LogP contribution < -0.4 is 14.7 Å². The summed E-state index contributed by atoms with van der Waals surface area (Å²) in [5.41, 5.74) is 28.6. The van der Waals surface area contributed by atoms with E-state index in [2.05, 4.69) is 365 Å². The molecule has 9 aromatic carbocycles. The van der Waals surface area contributed by atoms with Gasteiger partial charge in [0.2, 0.25) is 0 Å². The van der Waals surface area contributed by atoms with Gasteiger partial charge in [0.05, 0.1) is 0 Å². The lowest BCUT2D eigenvalue weighted by Crippen LogP contribution is -2.60. The Morgan fingerprint density at radius 2 is 0.685 bits per heavy atom. The standard InChI is InChI=1S/C20H23N.C19H21N.C18H19N.C17H25N.C16H23N.C15H21N/c1-14-8-4-5-9-16(14)19-15(2)21-13-12-20(19,3)17-10-6-7-11-18(17)21;1-13-8-4-5-9-15(13)18-14(2)20-12-19(18,3)16-10-6-7-11-17(16)20;1-12-7-3-4-8-14(12)18-13(2)19-11-16(18)15-9-5-6-10-17(15)19;1-12-7-5-6-8-15(12)16-14(3)18-10-9-17(16,4)11-13(18)2;1-12-6-4-5-7-14(12)15-13(2)17-10-8-16(15,3)9-11-17;1-11-5-3-4-6-14(11)15-12(2)16-9-7-13(15)8-10-16/h4-11,15,19H,12-13H2,1-3H3;4-11,14,18H,12H2,1-3H3;3-10,13,16,18H,11H2,1-2H3;5-8,13-14,16H,9-11H2,1-4H3;4-7,13,15H,8-11H2,1-3H3;3-6,12-13,15H,7-10H2,1-2H3. The van der Waals surface area contributed by atoms with Gasteiger partial charge in [-0.3, -0.25) is 9.80 Å². The van der Waals surface area contributed by atoms with Crippen LogP contribution in [0.15, 0.2) is 218 Å². The number of hydrogen-bond donors (Lipinski definition) is 0. The number of rotatable bonds is 6. The quantitative estimate of drug-likeness (QED) is 0.164. The molecule has 0 radical (unpaired) electrons. The van der Waals surface area contributed by atoms with Gasteiger partial charge in [0.15, 0.2) is 0 Å². The summed E-state index contributed by atoms with van der Waals surface area (Å²) in [6.45, 7) is 50.5. The lowest BCUT2D eigenvalue weighted by molar-refractivity contribution is -0.0624. The molecule has 0 aliphatic carbocycles. The number of para-hydroxylation sites is 3. The summed E-state index contributed by atoms with van der Waals surface area (Å²) in [6.07, 6.45) is 9.53. The van der Waals surface area contributed by atoms with E-state index in [9.17, 15) is 0 Å². The van der Waals surface area contributed by atoms with Gasteiger partial charge in [-0.05, 0) is 286 Å². The van der Waals surface area contributed by atoms with Crippen LogP contribution in [-0.2, 0) is 10.8 Å². The Bertz CT molecular complexity index is 4760. The van der Waals surface area contributed by atoms with Crippen LogP contribution in [0.25, 0.3) is 0 Å². The molecule has 18 atom stereocenters. The number of anilines is 3. The molecule has 16 aliphatic heterocycles. The maximum absolute atomic E-state index is 2.72. The molecular formula is C105H132N6. The van der Waals surface area contributed by atoms with Gasteiger partial charge in [0, 0.05) is 131 Å². The predicted molar refractivity (Wildman–Crippen MR) is 470 cm³/mol. The first-order valence-electron chi connectivity index (χ1n) is 43.6. The van der Waals surface area contributed by atoms with Crippen molar-refractivity contribution in [3.63, 3.8) is 0 Å². The molecule has 18 unspecified atom stereocenters. The fourth-order valence-electron chi connectivity index (χ4n) is 26.2. The minimum Gasteiger partial charge on any atom is -0.368 e.